The van der Waals surface area contributed by atoms with Crippen LogP contribution in [0.2, 0.25) is 5.02 Å². The van der Waals surface area contributed by atoms with Gasteiger partial charge in [0, 0.05) is 37.7 Å². The topological polar surface area (TPSA) is 30.3 Å². The van der Waals surface area contributed by atoms with Crippen molar-refractivity contribution in [2.45, 2.75) is 25.9 Å². The third-order valence-corrected chi connectivity index (χ3v) is 3.95. The Kier molecular flexibility index (Phi) is 5.21. The van der Waals surface area contributed by atoms with E-state index in [-0.39, 0.29) is 6.04 Å². The highest BCUT2D eigenvalue weighted by molar-refractivity contribution is 6.30. The molecule has 4 heteroatoms. The zero-order valence-corrected chi connectivity index (χ0v) is 12.1. The number of hydrogen-bond donors (Lipinski definition) is 0. The van der Waals surface area contributed by atoms with Gasteiger partial charge in [0.2, 0.25) is 0 Å². The van der Waals surface area contributed by atoms with E-state index < -0.39 is 0 Å². The number of nitriles is 1. The van der Waals surface area contributed by atoms with E-state index in [1.807, 2.05) is 12.1 Å². The fourth-order valence-electron chi connectivity index (χ4n) is 2.51. The molecule has 0 amide bonds. The van der Waals surface area contributed by atoms with Gasteiger partial charge in [-0.3, -0.25) is 9.80 Å². The summed E-state index contributed by atoms with van der Waals surface area (Å²) in [4.78, 5) is 4.72. The third kappa shape index (κ3) is 3.94. The van der Waals surface area contributed by atoms with Crippen molar-refractivity contribution in [3.8, 4) is 6.07 Å². The standard InChI is InChI=1S/C15H20ClN3/c1-2-15(11-17)19-9-7-18(8-10-19)12-13-3-5-14(16)6-4-13/h3-6,15H,2,7-10,12H2,1H3. The van der Waals surface area contributed by atoms with E-state index in [0.29, 0.717) is 0 Å². The first kappa shape index (κ1) is 14.3. The smallest absolute Gasteiger partial charge is 0.0976 e. The van der Waals surface area contributed by atoms with Gasteiger partial charge >= 0.3 is 0 Å². The van der Waals surface area contributed by atoms with Crippen LogP contribution in [0.1, 0.15) is 18.9 Å². The molecule has 1 heterocycles. The van der Waals surface area contributed by atoms with Crippen molar-refractivity contribution in [3.63, 3.8) is 0 Å². The van der Waals surface area contributed by atoms with E-state index in [9.17, 15) is 0 Å². The van der Waals surface area contributed by atoms with Gasteiger partial charge in [-0.1, -0.05) is 30.7 Å². The second-order valence-corrected chi connectivity index (χ2v) is 5.43. The highest BCUT2D eigenvalue weighted by Gasteiger charge is 2.22. The van der Waals surface area contributed by atoms with Crippen molar-refractivity contribution in [2.24, 2.45) is 0 Å². The minimum atomic E-state index is 0.0812. The molecule has 2 rings (SSSR count). The van der Waals surface area contributed by atoms with Crippen LogP contribution in [-0.4, -0.2) is 42.0 Å². The monoisotopic (exact) mass is 277 g/mol. The second-order valence-electron chi connectivity index (χ2n) is 4.99. The zero-order valence-electron chi connectivity index (χ0n) is 11.3. The van der Waals surface area contributed by atoms with Gasteiger partial charge in [0.1, 0.15) is 0 Å². The predicted molar refractivity (Wildman–Crippen MR) is 78.0 cm³/mol. The average Bonchev–Trinajstić information content (AvgIpc) is 2.44. The van der Waals surface area contributed by atoms with Gasteiger partial charge in [-0.25, -0.2) is 0 Å². The average molecular weight is 278 g/mol. The van der Waals surface area contributed by atoms with Crippen LogP contribution in [0.4, 0.5) is 0 Å². The quantitative estimate of drug-likeness (QED) is 0.848. The molecule has 1 fully saturated rings. The van der Waals surface area contributed by atoms with Gasteiger partial charge in [0.05, 0.1) is 12.1 Å². The first-order valence-corrected chi connectivity index (χ1v) is 7.21. The lowest BCUT2D eigenvalue weighted by atomic mass is 10.1. The summed E-state index contributed by atoms with van der Waals surface area (Å²) in [5, 5.41) is 9.87. The fraction of sp³-hybridized carbons (Fsp3) is 0.533. The van der Waals surface area contributed by atoms with Gasteiger partial charge in [0.15, 0.2) is 0 Å². The molecule has 0 aromatic heterocycles. The Morgan fingerprint density at radius 3 is 2.37 bits per heavy atom. The molecular weight excluding hydrogens is 258 g/mol. The molecule has 102 valence electrons. The molecule has 3 nitrogen and oxygen atoms in total. The van der Waals surface area contributed by atoms with Gasteiger partial charge in [0.25, 0.3) is 0 Å². The lowest BCUT2D eigenvalue weighted by molar-refractivity contribution is 0.108. The van der Waals surface area contributed by atoms with E-state index in [2.05, 4.69) is 34.9 Å². The molecule has 0 aliphatic carbocycles. The van der Waals surface area contributed by atoms with Crippen molar-refractivity contribution in [1.29, 1.82) is 5.26 Å². The van der Waals surface area contributed by atoms with Crippen molar-refractivity contribution in [2.75, 3.05) is 26.2 Å². The van der Waals surface area contributed by atoms with Crippen LogP contribution in [0.5, 0.6) is 0 Å². The minimum absolute atomic E-state index is 0.0812. The Morgan fingerprint density at radius 1 is 1.21 bits per heavy atom. The van der Waals surface area contributed by atoms with E-state index in [4.69, 9.17) is 16.9 Å². The number of hydrogen-bond acceptors (Lipinski definition) is 3. The van der Waals surface area contributed by atoms with Crippen LogP contribution in [0, 0.1) is 11.3 Å². The molecule has 1 aromatic carbocycles. The molecule has 0 radical (unpaired) electrons. The molecular formula is C15H20ClN3. The van der Waals surface area contributed by atoms with E-state index in [0.717, 1.165) is 44.2 Å². The zero-order chi connectivity index (χ0) is 13.7. The summed E-state index contributed by atoms with van der Waals surface area (Å²) in [5.74, 6) is 0. The first-order valence-electron chi connectivity index (χ1n) is 6.83. The summed E-state index contributed by atoms with van der Waals surface area (Å²) in [7, 11) is 0. The third-order valence-electron chi connectivity index (χ3n) is 3.70. The number of piperazine rings is 1. The number of benzene rings is 1. The van der Waals surface area contributed by atoms with Crippen molar-refractivity contribution in [1.82, 2.24) is 9.80 Å². The van der Waals surface area contributed by atoms with Crippen LogP contribution >= 0.6 is 11.6 Å². The molecule has 1 unspecified atom stereocenters. The number of rotatable bonds is 4. The van der Waals surface area contributed by atoms with Crippen LogP contribution in [0.25, 0.3) is 0 Å². The molecule has 19 heavy (non-hydrogen) atoms. The normalized spacial score (nSPS) is 19.0. The Labute approximate surface area is 120 Å². The van der Waals surface area contributed by atoms with Crippen molar-refractivity contribution < 1.29 is 0 Å². The summed E-state index contributed by atoms with van der Waals surface area (Å²) in [6.07, 6.45) is 0.910. The predicted octanol–water partition coefficient (Wildman–Crippen LogP) is 2.76. The van der Waals surface area contributed by atoms with Gasteiger partial charge in [-0.05, 0) is 24.1 Å². The number of halogens is 1. The summed E-state index contributed by atoms with van der Waals surface area (Å²) in [6, 6.07) is 10.5. The largest absolute Gasteiger partial charge is 0.297 e. The van der Waals surface area contributed by atoms with Crippen molar-refractivity contribution >= 4 is 11.6 Å². The van der Waals surface area contributed by atoms with E-state index in [1.165, 1.54) is 5.56 Å². The lowest BCUT2D eigenvalue weighted by Gasteiger charge is -2.36. The highest BCUT2D eigenvalue weighted by Crippen LogP contribution is 2.14. The maximum absolute atomic E-state index is 9.09. The Morgan fingerprint density at radius 2 is 1.84 bits per heavy atom. The molecule has 1 aliphatic rings. The summed E-state index contributed by atoms with van der Waals surface area (Å²) in [6.45, 7) is 7.07. The van der Waals surface area contributed by atoms with Gasteiger partial charge < -0.3 is 0 Å². The van der Waals surface area contributed by atoms with Crippen LogP contribution in [0.3, 0.4) is 0 Å². The molecule has 1 aliphatic heterocycles. The van der Waals surface area contributed by atoms with Crippen LogP contribution in [-0.2, 0) is 6.54 Å². The van der Waals surface area contributed by atoms with Crippen LogP contribution in [0.15, 0.2) is 24.3 Å². The second kappa shape index (κ2) is 6.91. The van der Waals surface area contributed by atoms with Gasteiger partial charge in [-0.2, -0.15) is 5.26 Å². The summed E-state index contributed by atoms with van der Waals surface area (Å²) >= 11 is 5.89. The van der Waals surface area contributed by atoms with E-state index >= 15 is 0 Å². The molecule has 1 saturated heterocycles. The Balaban J connectivity index is 1.83. The lowest BCUT2D eigenvalue weighted by Crippen LogP contribution is -2.49. The molecule has 1 aromatic rings. The highest BCUT2D eigenvalue weighted by atomic mass is 35.5. The molecule has 0 saturated carbocycles. The summed E-state index contributed by atoms with van der Waals surface area (Å²) in [5.41, 5.74) is 1.30. The summed E-state index contributed by atoms with van der Waals surface area (Å²) < 4.78 is 0. The maximum Gasteiger partial charge on any atom is 0.0976 e. The molecule has 0 N–H and O–H groups in total. The van der Waals surface area contributed by atoms with Crippen molar-refractivity contribution in [3.05, 3.63) is 34.9 Å². The maximum atomic E-state index is 9.09. The molecule has 0 bridgehead atoms. The van der Waals surface area contributed by atoms with Gasteiger partial charge in [-0.15, -0.1) is 0 Å². The van der Waals surface area contributed by atoms with Crippen LogP contribution < -0.4 is 0 Å². The number of nitrogens with zero attached hydrogens (tertiary/aromatic N) is 3. The Bertz CT molecular complexity index is 430. The SMILES string of the molecule is CCC(C#N)N1CCN(Cc2ccc(Cl)cc2)CC1. The fourth-order valence-corrected chi connectivity index (χ4v) is 2.64. The Hall–Kier alpha value is -1.08. The molecule has 0 spiro atoms. The first-order chi connectivity index (χ1) is 9.22. The minimum Gasteiger partial charge on any atom is -0.297 e. The van der Waals surface area contributed by atoms with E-state index in [1.54, 1.807) is 0 Å². The molecule has 1 atom stereocenters.